The zero-order valence-corrected chi connectivity index (χ0v) is 19.6. The van der Waals surface area contributed by atoms with E-state index in [-0.39, 0.29) is 24.5 Å². The Morgan fingerprint density at radius 1 is 0.903 bits per heavy atom. The second-order valence-corrected chi connectivity index (χ2v) is 8.42. The Hall–Kier alpha value is -2.66. The van der Waals surface area contributed by atoms with E-state index in [0.29, 0.717) is 17.8 Å². The summed E-state index contributed by atoms with van der Waals surface area (Å²) >= 11 is 0. The van der Waals surface area contributed by atoms with E-state index >= 15 is 0 Å². The summed E-state index contributed by atoms with van der Waals surface area (Å²) in [5, 5.41) is 0. The first-order valence-electron chi connectivity index (χ1n) is 10.9. The van der Waals surface area contributed by atoms with Crippen LogP contribution in [-0.4, -0.2) is 35.5 Å². The zero-order chi connectivity index (χ0) is 23.0. The first-order valence-corrected chi connectivity index (χ1v) is 10.9. The lowest BCUT2D eigenvalue weighted by Gasteiger charge is -2.32. The first-order chi connectivity index (χ1) is 14.7. The summed E-state index contributed by atoms with van der Waals surface area (Å²) < 4.78 is 10.8. The third kappa shape index (κ3) is 7.51. The van der Waals surface area contributed by atoms with Crippen LogP contribution in [0.25, 0.3) is 0 Å². The van der Waals surface area contributed by atoms with Crippen LogP contribution in [0.15, 0.2) is 48.5 Å². The number of carbonyl (C=O) groups is 2. The van der Waals surface area contributed by atoms with Crippen LogP contribution in [0.1, 0.15) is 70.6 Å². The van der Waals surface area contributed by atoms with Gasteiger partial charge in [-0.1, -0.05) is 36.4 Å². The molecule has 2 rings (SSSR count). The Kier molecular flexibility index (Phi) is 9.25. The van der Waals surface area contributed by atoms with Crippen molar-refractivity contribution in [1.82, 2.24) is 4.90 Å². The lowest BCUT2D eigenvalue weighted by atomic mass is 9.86. The largest absolute Gasteiger partial charge is 0.461 e. The van der Waals surface area contributed by atoms with Crippen molar-refractivity contribution in [1.29, 1.82) is 0 Å². The maximum Gasteiger partial charge on any atom is 0.308 e. The summed E-state index contributed by atoms with van der Waals surface area (Å²) in [6.07, 6.45) is 0.867. The number of ether oxygens (including phenoxy) is 2. The van der Waals surface area contributed by atoms with Gasteiger partial charge in [-0.2, -0.15) is 0 Å². The summed E-state index contributed by atoms with van der Waals surface area (Å²) in [5.41, 5.74) is 2.96. The monoisotopic (exact) mass is 425 g/mol. The minimum atomic E-state index is -0.355. The molecule has 0 saturated carbocycles. The van der Waals surface area contributed by atoms with Gasteiger partial charge in [0.1, 0.15) is 12.4 Å². The molecule has 1 unspecified atom stereocenters. The molecular weight excluding hydrogens is 390 g/mol. The number of rotatable bonds is 10. The molecule has 5 nitrogen and oxygen atoms in total. The smallest absolute Gasteiger partial charge is 0.308 e. The van der Waals surface area contributed by atoms with Gasteiger partial charge in [-0.05, 0) is 63.9 Å². The van der Waals surface area contributed by atoms with Crippen molar-refractivity contribution < 1.29 is 19.1 Å². The van der Waals surface area contributed by atoms with Crippen molar-refractivity contribution in [2.24, 2.45) is 0 Å². The number of esters is 2. The fourth-order valence-corrected chi connectivity index (χ4v) is 3.97. The van der Waals surface area contributed by atoms with E-state index in [4.69, 9.17) is 9.47 Å². The van der Waals surface area contributed by atoms with Gasteiger partial charge in [0.2, 0.25) is 0 Å². The number of nitrogens with zero attached hydrogens (tertiary/aromatic N) is 1. The Morgan fingerprint density at radius 3 is 2.10 bits per heavy atom. The second kappa shape index (κ2) is 11.7. The van der Waals surface area contributed by atoms with E-state index in [0.717, 1.165) is 29.7 Å². The van der Waals surface area contributed by atoms with E-state index < -0.39 is 0 Å². The van der Waals surface area contributed by atoms with Crippen LogP contribution in [0.4, 0.5) is 0 Å². The molecule has 0 bridgehead atoms. The Labute approximate surface area is 186 Å². The molecule has 2 aromatic carbocycles. The average Bonchev–Trinajstić information content (AvgIpc) is 2.70. The van der Waals surface area contributed by atoms with E-state index in [1.165, 1.54) is 13.8 Å². The first kappa shape index (κ1) is 24.6. The zero-order valence-electron chi connectivity index (χ0n) is 19.6. The highest BCUT2D eigenvalue weighted by Gasteiger charge is 2.23. The van der Waals surface area contributed by atoms with Crippen molar-refractivity contribution in [2.45, 2.75) is 72.6 Å². The fraction of sp³-hybridized carbons (Fsp3) is 0.462. The molecule has 0 spiro atoms. The number of hydrogen-bond acceptors (Lipinski definition) is 5. The quantitative estimate of drug-likeness (QED) is 0.381. The van der Waals surface area contributed by atoms with Crippen LogP contribution in [0.3, 0.4) is 0 Å². The molecule has 0 aliphatic carbocycles. The maximum atomic E-state index is 11.8. The van der Waals surface area contributed by atoms with Gasteiger partial charge in [0.25, 0.3) is 0 Å². The highest BCUT2D eigenvalue weighted by atomic mass is 16.5. The third-order valence-electron chi connectivity index (χ3n) is 5.35. The van der Waals surface area contributed by atoms with Crippen molar-refractivity contribution in [3.05, 3.63) is 65.2 Å². The number of benzene rings is 2. The second-order valence-electron chi connectivity index (χ2n) is 8.42. The van der Waals surface area contributed by atoms with Gasteiger partial charge in [0.05, 0.1) is 0 Å². The molecule has 0 aliphatic rings. The minimum absolute atomic E-state index is 0.0350. The molecule has 0 N–H and O–H groups in total. The number of hydrogen-bond donors (Lipinski definition) is 0. The Morgan fingerprint density at radius 2 is 1.55 bits per heavy atom. The van der Waals surface area contributed by atoms with Crippen molar-refractivity contribution >= 4 is 11.9 Å². The van der Waals surface area contributed by atoms with Crippen LogP contribution in [0.2, 0.25) is 0 Å². The van der Waals surface area contributed by atoms with E-state index in [1.54, 1.807) is 6.07 Å². The summed E-state index contributed by atoms with van der Waals surface area (Å²) in [7, 11) is 0. The summed E-state index contributed by atoms with van der Waals surface area (Å²) in [5.74, 6) is -0.0945. The molecule has 0 amide bonds. The molecule has 168 valence electrons. The molecule has 0 heterocycles. The lowest BCUT2D eigenvalue weighted by molar-refractivity contribution is -0.142. The molecule has 2 aromatic rings. The molecule has 5 heteroatoms. The molecule has 31 heavy (non-hydrogen) atoms. The van der Waals surface area contributed by atoms with Crippen LogP contribution < -0.4 is 4.74 Å². The average molecular weight is 426 g/mol. The number of carbonyl (C=O) groups excluding carboxylic acids is 2. The van der Waals surface area contributed by atoms with Gasteiger partial charge in [0, 0.05) is 37.4 Å². The summed E-state index contributed by atoms with van der Waals surface area (Å²) in [6.45, 7) is 12.7. The van der Waals surface area contributed by atoms with E-state index in [2.05, 4.69) is 44.7 Å². The summed E-state index contributed by atoms with van der Waals surface area (Å²) in [6, 6.07) is 16.8. The molecule has 0 saturated heterocycles. The van der Waals surface area contributed by atoms with Gasteiger partial charge in [-0.15, -0.1) is 0 Å². The molecule has 0 aliphatic heterocycles. The summed E-state index contributed by atoms with van der Waals surface area (Å²) in [4.78, 5) is 25.5. The molecular formula is C26H35NO4. The molecule has 0 radical (unpaired) electrons. The van der Waals surface area contributed by atoms with Gasteiger partial charge in [0.15, 0.2) is 0 Å². The topological polar surface area (TPSA) is 55.8 Å². The van der Waals surface area contributed by atoms with E-state index in [9.17, 15) is 9.59 Å². The van der Waals surface area contributed by atoms with Gasteiger partial charge in [-0.25, -0.2) is 0 Å². The molecule has 0 aromatic heterocycles. The van der Waals surface area contributed by atoms with Crippen molar-refractivity contribution in [3.8, 4) is 5.75 Å². The lowest BCUT2D eigenvalue weighted by Crippen LogP contribution is -2.38. The third-order valence-corrected chi connectivity index (χ3v) is 5.35. The van der Waals surface area contributed by atoms with Crippen molar-refractivity contribution in [2.75, 3.05) is 6.54 Å². The highest BCUT2D eigenvalue weighted by molar-refractivity contribution is 5.70. The standard InChI is InChI=1S/C26H35NO4/c1-18(2)27(19(3)4)15-14-24(23-10-8-7-9-11-23)25-16-22(17-30-20(5)28)12-13-26(25)31-21(6)29/h7-13,16,18-19,24H,14-15,17H2,1-6H3. The van der Waals surface area contributed by atoms with Crippen LogP contribution in [0, 0.1) is 0 Å². The normalized spacial score (nSPS) is 12.3. The Bertz CT molecular complexity index is 853. The highest BCUT2D eigenvalue weighted by Crippen LogP contribution is 2.36. The predicted molar refractivity (Wildman–Crippen MR) is 123 cm³/mol. The van der Waals surface area contributed by atoms with Crippen molar-refractivity contribution in [3.63, 3.8) is 0 Å². The Balaban J connectivity index is 2.47. The van der Waals surface area contributed by atoms with Crippen LogP contribution >= 0.6 is 0 Å². The SMILES string of the molecule is CC(=O)OCc1ccc(OC(C)=O)c(C(CCN(C(C)C)C(C)C)c2ccccc2)c1. The predicted octanol–water partition coefficient (Wildman–Crippen LogP) is 5.32. The van der Waals surface area contributed by atoms with Crippen LogP contribution in [0.5, 0.6) is 5.75 Å². The molecule has 1 atom stereocenters. The fourth-order valence-electron chi connectivity index (χ4n) is 3.97. The van der Waals surface area contributed by atoms with Gasteiger partial charge < -0.3 is 9.47 Å². The molecule has 0 fully saturated rings. The maximum absolute atomic E-state index is 11.8. The van der Waals surface area contributed by atoms with E-state index in [1.807, 2.05) is 30.3 Å². The van der Waals surface area contributed by atoms with Gasteiger partial charge in [-0.3, -0.25) is 14.5 Å². The minimum Gasteiger partial charge on any atom is -0.461 e. The van der Waals surface area contributed by atoms with Crippen LogP contribution in [-0.2, 0) is 20.9 Å². The van der Waals surface area contributed by atoms with Gasteiger partial charge >= 0.3 is 11.9 Å².